The van der Waals surface area contributed by atoms with E-state index in [0.717, 1.165) is 22.3 Å². The summed E-state index contributed by atoms with van der Waals surface area (Å²) in [6.45, 7) is 4.22. The molecule has 6 heteroatoms. The highest BCUT2D eigenvalue weighted by Crippen LogP contribution is 2.35. The summed E-state index contributed by atoms with van der Waals surface area (Å²) in [5, 5.41) is 3.65. The van der Waals surface area contributed by atoms with Crippen LogP contribution in [-0.2, 0) is 16.0 Å². The number of aryl methyl sites for hydroxylation is 2. The first kappa shape index (κ1) is 22.6. The summed E-state index contributed by atoms with van der Waals surface area (Å²) in [4.78, 5) is 28.4. The third-order valence-corrected chi connectivity index (χ3v) is 5.94. The van der Waals surface area contributed by atoms with Crippen LogP contribution >= 0.6 is 11.6 Å². The van der Waals surface area contributed by atoms with Crippen molar-refractivity contribution in [1.29, 1.82) is 0 Å². The number of ether oxygens (including phenoxy) is 1. The molecular formula is C27H25ClN2O3. The molecular weight excluding hydrogens is 436 g/mol. The molecule has 0 radical (unpaired) electrons. The Hall–Kier alpha value is -3.57. The van der Waals surface area contributed by atoms with E-state index in [1.54, 1.807) is 25.3 Å². The van der Waals surface area contributed by atoms with Crippen molar-refractivity contribution in [3.8, 4) is 5.75 Å². The van der Waals surface area contributed by atoms with Gasteiger partial charge in [-0.25, -0.2) is 0 Å². The maximum absolute atomic E-state index is 13.5. The lowest BCUT2D eigenvalue weighted by molar-refractivity contribution is -0.136. The Morgan fingerprint density at radius 3 is 2.39 bits per heavy atom. The molecule has 4 rings (SSSR count). The Kier molecular flexibility index (Phi) is 6.52. The van der Waals surface area contributed by atoms with Gasteiger partial charge in [-0.15, -0.1) is 0 Å². The van der Waals surface area contributed by atoms with Crippen LogP contribution < -0.4 is 10.1 Å². The fourth-order valence-electron chi connectivity index (χ4n) is 4.04. The first-order valence-corrected chi connectivity index (χ1v) is 11.1. The molecule has 0 aliphatic carbocycles. The number of hydrogen-bond donors (Lipinski definition) is 1. The van der Waals surface area contributed by atoms with Crippen LogP contribution in [0.5, 0.6) is 5.75 Å². The molecule has 0 atom stereocenters. The molecule has 0 bridgehead atoms. The zero-order chi connectivity index (χ0) is 23.5. The molecule has 0 fully saturated rings. The van der Waals surface area contributed by atoms with Crippen LogP contribution in [0.15, 0.2) is 72.4 Å². The number of carbonyl (C=O) groups excluding carboxylic acids is 2. The van der Waals surface area contributed by atoms with E-state index < -0.39 is 0 Å². The van der Waals surface area contributed by atoms with Crippen molar-refractivity contribution < 1.29 is 14.3 Å². The third kappa shape index (κ3) is 4.64. The van der Waals surface area contributed by atoms with Gasteiger partial charge in [0.05, 0.1) is 18.4 Å². The second-order valence-corrected chi connectivity index (χ2v) is 8.47. The molecule has 0 spiro atoms. The molecule has 1 aliphatic rings. The topological polar surface area (TPSA) is 58.6 Å². The number of halogens is 1. The number of imide groups is 1. The average Bonchev–Trinajstić information content (AvgIpc) is 3.02. The smallest absolute Gasteiger partial charge is 0.278 e. The van der Waals surface area contributed by atoms with Crippen LogP contribution in [-0.4, -0.2) is 30.4 Å². The van der Waals surface area contributed by atoms with E-state index in [2.05, 4.69) is 5.32 Å². The van der Waals surface area contributed by atoms with Crippen LogP contribution in [0.25, 0.3) is 5.57 Å². The van der Waals surface area contributed by atoms with E-state index in [1.807, 2.05) is 62.4 Å². The summed E-state index contributed by atoms with van der Waals surface area (Å²) in [6, 6.07) is 20.7. The van der Waals surface area contributed by atoms with Crippen LogP contribution in [0.1, 0.15) is 22.3 Å². The lowest BCUT2D eigenvalue weighted by Crippen LogP contribution is -2.34. The Morgan fingerprint density at radius 1 is 0.939 bits per heavy atom. The fraction of sp³-hybridized carbons (Fsp3) is 0.185. The number of hydrogen-bond acceptors (Lipinski definition) is 4. The predicted molar refractivity (Wildman–Crippen MR) is 131 cm³/mol. The zero-order valence-electron chi connectivity index (χ0n) is 18.8. The quantitative estimate of drug-likeness (QED) is 0.479. The van der Waals surface area contributed by atoms with E-state index in [9.17, 15) is 9.59 Å². The van der Waals surface area contributed by atoms with Crippen LogP contribution in [0.2, 0.25) is 5.02 Å². The van der Waals surface area contributed by atoms with E-state index in [0.29, 0.717) is 28.5 Å². The number of rotatable bonds is 7. The summed E-state index contributed by atoms with van der Waals surface area (Å²) in [7, 11) is 1.54. The minimum atomic E-state index is -0.368. The monoisotopic (exact) mass is 460 g/mol. The molecule has 1 N–H and O–H groups in total. The third-order valence-electron chi connectivity index (χ3n) is 5.71. The van der Waals surface area contributed by atoms with Crippen molar-refractivity contribution in [2.75, 3.05) is 19.0 Å². The summed E-state index contributed by atoms with van der Waals surface area (Å²) in [5.41, 5.74) is 4.89. The Bertz CT molecular complexity index is 1250. The van der Waals surface area contributed by atoms with Gasteiger partial charge in [0.15, 0.2) is 0 Å². The number of benzene rings is 3. The van der Waals surface area contributed by atoms with Crippen molar-refractivity contribution in [3.63, 3.8) is 0 Å². The SMILES string of the molecule is COc1ccc(Cl)cc1NC1=C(c2ccc(C)cc2C)C(=O)N(CCc2ccccc2)C1=O. The molecule has 0 saturated carbocycles. The lowest BCUT2D eigenvalue weighted by Gasteiger charge is -2.16. The van der Waals surface area contributed by atoms with Crippen molar-refractivity contribution in [2.24, 2.45) is 0 Å². The zero-order valence-corrected chi connectivity index (χ0v) is 19.6. The molecule has 0 unspecified atom stereocenters. The van der Waals surface area contributed by atoms with Gasteiger partial charge in [-0.2, -0.15) is 0 Å². The molecule has 2 amide bonds. The van der Waals surface area contributed by atoms with Crippen LogP contribution in [0.4, 0.5) is 5.69 Å². The minimum absolute atomic E-state index is 0.223. The highest BCUT2D eigenvalue weighted by molar-refractivity contribution is 6.37. The van der Waals surface area contributed by atoms with Crippen molar-refractivity contribution >= 4 is 34.7 Å². The second kappa shape index (κ2) is 9.51. The van der Waals surface area contributed by atoms with E-state index >= 15 is 0 Å². The number of methoxy groups -OCH3 is 1. The van der Waals surface area contributed by atoms with Crippen LogP contribution in [0.3, 0.4) is 0 Å². The molecule has 3 aromatic rings. The number of nitrogens with zero attached hydrogens (tertiary/aromatic N) is 1. The number of amides is 2. The predicted octanol–water partition coefficient (Wildman–Crippen LogP) is 5.40. The number of nitrogens with one attached hydrogen (secondary N) is 1. The summed E-state index contributed by atoms with van der Waals surface area (Å²) in [6.07, 6.45) is 0.576. The van der Waals surface area contributed by atoms with E-state index in [4.69, 9.17) is 16.3 Å². The molecule has 0 aromatic heterocycles. The highest BCUT2D eigenvalue weighted by Gasteiger charge is 2.39. The van der Waals surface area contributed by atoms with Gasteiger partial charge >= 0.3 is 0 Å². The van der Waals surface area contributed by atoms with Gasteiger partial charge in [0.2, 0.25) is 0 Å². The largest absolute Gasteiger partial charge is 0.495 e. The van der Waals surface area contributed by atoms with Crippen LogP contribution in [0, 0.1) is 13.8 Å². The standard InChI is InChI=1S/C27H25ClN2O3/c1-17-9-11-21(18(2)15-17)24-25(29-22-16-20(28)10-12-23(22)33-3)27(32)30(26(24)31)14-13-19-7-5-4-6-8-19/h4-12,15-16,29H,13-14H2,1-3H3. The molecule has 3 aromatic carbocycles. The average molecular weight is 461 g/mol. The van der Waals surface area contributed by atoms with E-state index in [-0.39, 0.29) is 24.1 Å². The number of anilines is 1. The summed E-state index contributed by atoms with van der Waals surface area (Å²) < 4.78 is 5.43. The maximum atomic E-state index is 13.5. The molecule has 33 heavy (non-hydrogen) atoms. The second-order valence-electron chi connectivity index (χ2n) is 8.04. The Morgan fingerprint density at radius 2 is 1.70 bits per heavy atom. The Labute approximate surface area is 198 Å². The van der Waals surface area contributed by atoms with E-state index in [1.165, 1.54) is 4.90 Å². The first-order valence-electron chi connectivity index (χ1n) is 10.7. The van der Waals surface area contributed by atoms with Crippen molar-refractivity contribution in [3.05, 3.63) is 99.7 Å². The molecule has 1 heterocycles. The first-order chi connectivity index (χ1) is 15.9. The molecule has 0 saturated heterocycles. The van der Waals surface area contributed by atoms with Gasteiger partial charge in [-0.3, -0.25) is 14.5 Å². The van der Waals surface area contributed by atoms with Gasteiger partial charge in [0, 0.05) is 11.6 Å². The van der Waals surface area contributed by atoms with Gasteiger partial charge in [-0.05, 0) is 55.2 Å². The van der Waals surface area contributed by atoms with Crippen molar-refractivity contribution in [2.45, 2.75) is 20.3 Å². The van der Waals surface area contributed by atoms with Crippen molar-refractivity contribution in [1.82, 2.24) is 4.90 Å². The van der Waals surface area contributed by atoms with Gasteiger partial charge in [-0.1, -0.05) is 65.7 Å². The summed E-state index contributed by atoms with van der Waals surface area (Å²) >= 11 is 6.19. The van der Waals surface area contributed by atoms with Gasteiger partial charge in [0.1, 0.15) is 11.4 Å². The van der Waals surface area contributed by atoms with Gasteiger partial charge < -0.3 is 10.1 Å². The maximum Gasteiger partial charge on any atom is 0.278 e. The number of carbonyl (C=O) groups is 2. The normalized spacial score (nSPS) is 13.6. The molecule has 168 valence electrons. The molecule has 1 aliphatic heterocycles. The minimum Gasteiger partial charge on any atom is -0.495 e. The Balaban J connectivity index is 1.75. The molecule has 5 nitrogen and oxygen atoms in total. The highest BCUT2D eigenvalue weighted by atomic mass is 35.5. The van der Waals surface area contributed by atoms with Gasteiger partial charge in [0.25, 0.3) is 11.8 Å². The summed E-state index contributed by atoms with van der Waals surface area (Å²) in [5.74, 6) is -0.158. The fourth-order valence-corrected chi connectivity index (χ4v) is 4.21. The lowest BCUT2D eigenvalue weighted by atomic mass is 9.97.